The largest absolute Gasteiger partial charge is 0.444 e. The lowest BCUT2D eigenvalue weighted by Crippen LogP contribution is -2.37. The number of carbonyl (C=O) groups excluding carboxylic acids is 1. The molecule has 1 aromatic rings. The minimum atomic E-state index is -0.685. The smallest absolute Gasteiger partial charge is 0.410 e. The lowest BCUT2D eigenvalue weighted by atomic mass is 10.1. The standard InChI is InChI=1S/C17H24BrF2NO2/c1-11(2)6-7-21(16(22)23-17(3,4)5)10-13-14(19)8-12(18)9-15(13)20/h8-9,11H,6-7,10H2,1-5H3. The number of halogens is 3. The number of hydrogen-bond acceptors (Lipinski definition) is 2. The fourth-order valence-electron chi connectivity index (χ4n) is 1.89. The van der Waals surface area contributed by atoms with E-state index >= 15 is 0 Å². The van der Waals surface area contributed by atoms with Crippen molar-refractivity contribution < 1.29 is 18.3 Å². The van der Waals surface area contributed by atoms with Gasteiger partial charge in [0.15, 0.2) is 0 Å². The summed E-state index contributed by atoms with van der Waals surface area (Å²) in [4.78, 5) is 13.7. The minimum absolute atomic E-state index is 0.136. The summed E-state index contributed by atoms with van der Waals surface area (Å²) in [6.45, 7) is 9.53. The van der Waals surface area contributed by atoms with Crippen LogP contribution < -0.4 is 0 Å². The Labute approximate surface area is 145 Å². The average molecular weight is 392 g/mol. The fraction of sp³-hybridized carbons (Fsp3) is 0.588. The van der Waals surface area contributed by atoms with Crippen LogP contribution in [0, 0.1) is 17.6 Å². The highest BCUT2D eigenvalue weighted by molar-refractivity contribution is 9.10. The second-order valence-electron chi connectivity index (χ2n) is 6.93. The van der Waals surface area contributed by atoms with Crippen LogP contribution in [0.25, 0.3) is 0 Å². The van der Waals surface area contributed by atoms with Gasteiger partial charge in [-0.15, -0.1) is 0 Å². The van der Waals surface area contributed by atoms with Crippen molar-refractivity contribution in [2.75, 3.05) is 6.54 Å². The van der Waals surface area contributed by atoms with E-state index in [0.29, 0.717) is 16.9 Å². The van der Waals surface area contributed by atoms with Crippen LogP contribution in [0.3, 0.4) is 0 Å². The van der Waals surface area contributed by atoms with E-state index in [1.165, 1.54) is 17.0 Å². The highest BCUT2D eigenvalue weighted by Gasteiger charge is 2.24. The van der Waals surface area contributed by atoms with Crippen molar-refractivity contribution in [1.29, 1.82) is 0 Å². The lowest BCUT2D eigenvalue weighted by molar-refractivity contribution is 0.0222. The van der Waals surface area contributed by atoms with Crippen LogP contribution in [0.15, 0.2) is 16.6 Å². The Bertz CT molecular complexity index is 533. The van der Waals surface area contributed by atoms with Crippen molar-refractivity contribution in [2.45, 2.75) is 53.2 Å². The van der Waals surface area contributed by atoms with Gasteiger partial charge < -0.3 is 9.64 Å². The number of rotatable bonds is 5. The van der Waals surface area contributed by atoms with Gasteiger partial charge in [0.25, 0.3) is 0 Å². The predicted molar refractivity (Wildman–Crippen MR) is 90.2 cm³/mol. The van der Waals surface area contributed by atoms with E-state index in [1.807, 2.05) is 13.8 Å². The molecule has 1 rings (SSSR count). The normalized spacial score (nSPS) is 11.7. The maximum absolute atomic E-state index is 14.0. The molecule has 3 nitrogen and oxygen atoms in total. The summed E-state index contributed by atoms with van der Waals surface area (Å²) in [6.07, 6.45) is 0.152. The minimum Gasteiger partial charge on any atom is -0.444 e. The van der Waals surface area contributed by atoms with Gasteiger partial charge in [0.2, 0.25) is 0 Å². The molecule has 0 atom stereocenters. The first-order chi connectivity index (χ1) is 10.5. The zero-order valence-electron chi connectivity index (χ0n) is 14.3. The van der Waals surface area contributed by atoms with Crippen LogP contribution in [0.5, 0.6) is 0 Å². The average Bonchev–Trinajstić information content (AvgIpc) is 2.34. The molecule has 0 radical (unpaired) electrons. The first kappa shape index (κ1) is 19.9. The molecule has 0 saturated heterocycles. The fourth-order valence-corrected chi connectivity index (χ4v) is 2.29. The molecule has 0 fully saturated rings. The molecule has 0 aliphatic rings. The Morgan fingerprint density at radius 3 is 2.22 bits per heavy atom. The summed E-state index contributed by atoms with van der Waals surface area (Å²) in [5.41, 5.74) is -0.799. The monoisotopic (exact) mass is 391 g/mol. The van der Waals surface area contributed by atoms with E-state index in [4.69, 9.17) is 4.74 Å². The van der Waals surface area contributed by atoms with E-state index in [9.17, 15) is 13.6 Å². The molecule has 0 aliphatic carbocycles. The van der Waals surface area contributed by atoms with E-state index in [2.05, 4.69) is 15.9 Å². The molecule has 1 amide bonds. The second kappa shape index (κ2) is 8.08. The van der Waals surface area contributed by atoms with Crippen LogP contribution >= 0.6 is 15.9 Å². The molecule has 23 heavy (non-hydrogen) atoms. The molecular formula is C17H24BrF2NO2. The summed E-state index contributed by atoms with van der Waals surface area (Å²) in [7, 11) is 0. The quantitative estimate of drug-likeness (QED) is 0.661. The van der Waals surface area contributed by atoms with Gasteiger partial charge in [-0.05, 0) is 45.2 Å². The van der Waals surface area contributed by atoms with Crippen molar-refractivity contribution >= 4 is 22.0 Å². The summed E-state index contributed by atoms with van der Waals surface area (Å²) >= 11 is 3.05. The molecule has 0 spiro atoms. The van der Waals surface area contributed by atoms with Gasteiger partial charge in [-0.3, -0.25) is 0 Å². The molecule has 130 valence electrons. The second-order valence-corrected chi connectivity index (χ2v) is 7.85. The third-order valence-electron chi connectivity index (χ3n) is 3.08. The lowest BCUT2D eigenvalue weighted by Gasteiger charge is -2.28. The van der Waals surface area contributed by atoms with E-state index in [1.54, 1.807) is 20.8 Å². The van der Waals surface area contributed by atoms with Crippen LogP contribution in [0.2, 0.25) is 0 Å². The first-order valence-electron chi connectivity index (χ1n) is 7.61. The summed E-state index contributed by atoms with van der Waals surface area (Å²) < 4.78 is 33.7. The Morgan fingerprint density at radius 1 is 1.26 bits per heavy atom. The Kier molecular flexibility index (Phi) is 6.99. The van der Waals surface area contributed by atoms with Gasteiger partial charge in [0, 0.05) is 16.6 Å². The topological polar surface area (TPSA) is 29.5 Å². The Balaban J connectivity index is 2.99. The van der Waals surface area contributed by atoms with Crippen LogP contribution in [-0.4, -0.2) is 23.1 Å². The van der Waals surface area contributed by atoms with Gasteiger partial charge in [-0.1, -0.05) is 29.8 Å². The van der Waals surface area contributed by atoms with Gasteiger partial charge >= 0.3 is 6.09 Å². The highest BCUT2D eigenvalue weighted by atomic mass is 79.9. The van der Waals surface area contributed by atoms with Crippen molar-refractivity contribution in [2.24, 2.45) is 5.92 Å². The van der Waals surface area contributed by atoms with Crippen molar-refractivity contribution in [1.82, 2.24) is 4.90 Å². The van der Waals surface area contributed by atoms with Gasteiger partial charge in [-0.2, -0.15) is 0 Å². The van der Waals surface area contributed by atoms with Gasteiger partial charge in [-0.25, -0.2) is 13.6 Å². The molecule has 1 aromatic carbocycles. The zero-order chi connectivity index (χ0) is 17.8. The van der Waals surface area contributed by atoms with E-state index in [0.717, 1.165) is 6.42 Å². The molecule has 0 bridgehead atoms. The summed E-state index contributed by atoms with van der Waals surface area (Å²) in [5, 5.41) is 0. The molecule has 0 unspecified atom stereocenters. The first-order valence-corrected chi connectivity index (χ1v) is 8.40. The molecule has 0 N–H and O–H groups in total. The number of benzene rings is 1. The van der Waals surface area contributed by atoms with E-state index in [-0.39, 0.29) is 12.1 Å². The summed E-state index contributed by atoms with van der Waals surface area (Å²) in [5.74, 6) is -1.01. The van der Waals surface area contributed by atoms with Crippen LogP contribution in [0.1, 0.15) is 46.6 Å². The maximum atomic E-state index is 14.0. The molecular weight excluding hydrogens is 368 g/mol. The number of ether oxygens (including phenoxy) is 1. The third kappa shape index (κ3) is 6.85. The van der Waals surface area contributed by atoms with Gasteiger partial charge in [0.1, 0.15) is 17.2 Å². The van der Waals surface area contributed by atoms with E-state index < -0.39 is 23.3 Å². The molecule has 0 saturated carbocycles. The molecule has 0 heterocycles. The SMILES string of the molecule is CC(C)CCN(Cc1c(F)cc(Br)cc1F)C(=O)OC(C)(C)C. The summed E-state index contributed by atoms with van der Waals surface area (Å²) in [6, 6.07) is 2.38. The molecule has 6 heteroatoms. The van der Waals surface area contributed by atoms with Crippen molar-refractivity contribution in [3.05, 3.63) is 33.8 Å². The number of hydrogen-bond donors (Lipinski definition) is 0. The Hall–Kier alpha value is -1.17. The number of nitrogens with zero attached hydrogens (tertiary/aromatic N) is 1. The van der Waals surface area contributed by atoms with Crippen molar-refractivity contribution in [3.63, 3.8) is 0 Å². The van der Waals surface area contributed by atoms with Crippen LogP contribution in [0.4, 0.5) is 13.6 Å². The predicted octanol–water partition coefficient (Wildman–Crippen LogP) is 5.51. The molecule has 0 aromatic heterocycles. The van der Waals surface area contributed by atoms with Crippen LogP contribution in [-0.2, 0) is 11.3 Å². The number of amides is 1. The highest BCUT2D eigenvalue weighted by Crippen LogP contribution is 2.22. The van der Waals surface area contributed by atoms with Crippen molar-refractivity contribution in [3.8, 4) is 0 Å². The maximum Gasteiger partial charge on any atom is 0.410 e. The number of carbonyl (C=O) groups is 1. The molecule has 0 aliphatic heterocycles. The third-order valence-corrected chi connectivity index (χ3v) is 3.54. The Morgan fingerprint density at radius 2 is 1.78 bits per heavy atom. The zero-order valence-corrected chi connectivity index (χ0v) is 15.8. The van der Waals surface area contributed by atoms with Gasteiger partial charge in [0.05, 0.1) is 6.54 Å².